The Bertz CT molecular complexity index is 776. The molecular weight excluding hydrogens is 368 g/mol. The molecule has 5 heteroatoms. The zero-order valence-corrected chi connectivity index (χ0v) is 17.8. The van der Waals surface area contributed by atoms with Crippen molar-refractivity contribution in [3.8, 4) is 0 Å². The topological polar surface area (TPSA) is 44.8 Å². The van der Waals surface area contributed by atoms with Gasteiger partial charge in [0.2, 0.25) is 0 Å². The number of ether oxygens (including phenoxy) is 2. The van der Waals surface area contributed by atoms with Crippen LogP contribution < -0.4 is 10.4 Å². The maximum Gasteiger partial charge on any atom is 0.306 e. The maximum atomic E-state index is 11.7. The quantitative estimate of drug-likeness (QED) is 0.576. The predicted octanol–water partition coefficient (Wildman–Crippen LogP) is 2.89. The van der Waals surface area contributed by atoms with Crippen molar-refractivity contribution >= 4 is 24.7 Å². The Morgan fingerprint density at radius 2 is 1.57 bits per heavy atom. The van der Waals surface area contributed by atoms with Crippen molar-refractivity contribution in [1.82, 2.24) is 0 Å². The van der Waals surface area contributed by atoms with Crippen molar-refractivity contribution in [2.24, 2.45) is 5.92 Å². The zero-order chi connectivity index (χ0) is 19.8. The van der Waals surface area contributed by atoms with Gasteiger partial charge in [0.15, 0.2) is 0 Å². The molecule has 2 aliphatic rings. The fourth-order valence-corrected chi connectivity index (χ4v) is 9.21. The average Bonchev–Trinajstić information content (AvgIpc) is 3.22. The number of fused-ring (bicyclic) bond motifs is 1. The van der Waals surface area contributed by atoms with Gasteiger partial charge in [-0.1, -0.05) is 81.4 Å². The van der Waals surface area contributed by atoms with Crippen LogP contribution in [0.3, 0.4) is 0 Å². The molecule has 3 unspecified atom stereocenters. The van der Waals surface area contributed by atoms with Crippen LogP contribution in [0.2, 0.25) is 5.04 Å². The summed E-state index contributed by atoms with van der Waals surface area (Å²) in [6, 6.07) is 21.2. The monoisotopic (exact) mass is 396 g/mol. The molecule has 0 N–H and O–H groups in total. The van der Waals surface area contributed by atoms with E-state index in [2.05, 4.69) is 69.3 Å². The molecule has 2 heterocycles. The first-order valence-electron chi connectivity index (χ1n) is 9.98. The first-order chi connectivity index (χ1) is 13.4. The molecule has 4 nitrogen and oxygen atoms in total. The summed E-state index contributed by atoms with van der Waals surface area (Å²) in [4.78, 5) is 11.7. The first kappa shape index (κ1) is 19.4. The molecular formula is C23H28O4Si. The predicted molar refractivity (Wildman–Crippen MR) is 111 cm³/mol. The molecule has 2 aromatic carbocycles. The molecule has 148 valence electrons. The molecule has 0 aromatic heterocycles. The number of carbonyl (C=O) groups excluding carboxylic acids is 1. The van der Waals surface area contributed by atoms with E-state index >= 15 is 0 Å². The summed E-state index contributed by atoms with van der Waals surface area (Å²) in [6.45, 7) is 7.75. The number of hydrogen-bond donors (Lipinski definition) is 0. The molecule has 0 amide bonds. The van der Waals surface area contributed by atoms with E-state index in [0.29, 0.717) is 19.6 Å². The summed E-state index contributed by atoms with van der Waals surface area (Å²) < 4.78 is 18.3. The van der Waals surface area contributed by atoms with Crippen LogP contribution in [0.15, 0.2) is 60.7 Å². The van der Waals surface area contributed by atoms with Gasteiger partial charge in [0.1, 0.15) is 6.10 Å². The summed E-state index contributed by atoms with van der Waals surface area (Å²) in [5.41, 5.74) is 0. The van der Waals surface area contributed by atoms with Crippen molar-refractivity contribution in [2.45, 2.75) is 44.4 Å². The summed E-state index contributed by atoms with van der Waals surface area (Å²) in [7, 11) is -2.58. The summed E-state index contributed by atoms with van der Waals surface area (Å²) in [5.74, 6) is -0.0144. The third-order valence-electron chi connectivity index (χ3n) is 6.00. The van der Waals surface area contributed by atoms with E-state index in [9.17, 15) is 4.79 Å². The Labute approximate surface area is 167 Å². The largest absolute Gasteiger partial charge is 0.459 e. The third-order valence-corrected chi connectivity index (χ3v) is 11.0. The first-order valence-corrected chi connectivity index (χ1v) is 11.9. The Kier molecular flexibility index (Phi) is 5.16. The molecule has 4 rings (SSSR count). The van der Waals surface area contributed by atoms with Crippen LogP contribution >= 0.6 is 0 Å². The van der Waals surface area contributed by atoms with E-state index in [1.54, 1.807) is 0 Å². The smallest absolute Gasteiger partial charge is 0.306 e. The SMILES string of the molecule is CC(C)(C)[Si](OCC1OCC2OC(=O)CC12)(c1ccccc1)c1ccccc1. The lowest BCUT2D eigenvalue weighted by Crippen LogP contribution is -2.67. The number of esters is 1. The Hall–Kier alpha value is -1.95. The lowest BCUT2D eigenvalue weighted by atomic mass is 9.98. The highest BCUT2D eigenvalue weighted by atomic mass is 28.4. The van der Waals surface area contributed by atoms with Crippen LogP contribution in [0.1, 0.15) is 27.2 Å². The van der Waals surface area contributed by atoms with E-state index in [4.69, 9.17) is 13.9 Å². The lowest BCUT2D eigenvalue weighted by Gasteiger charge is -2.43. The van der Waals surface area contributed by atoms with Gasteiger partial charge in [0.05, 0.1) is 25.7 Å². The summed E-state index contributed by atoms with van der Waals surface area (Å²) in [5, 5.41) is 2.43. The van der Waals surface area contributed by atoms with Crippen LogP contribution in [0.25, 0.3) is 0 Å². The summed E-state index contributed by atoms with van der Waals surface area (Å²) in [6.07, 6.45) is 0.220. The molecule has 0 bridgehead atoms. The molecule has 0 saturated carbocycles. The second-order valence-corrected chi connectivity index (χ2v) is 13.0. The second-order valence-electron chi connectivity index (χ2n) is 8.74. The molecule has 28 heavy (non-hydrogen) atoms. The van der Waals surface area contributed by atoms with Gasteiger partial charge in [-0.25, -0.2) is 0 Å². The Balaban J connectivity index is 1.70. The molecule has 2 aromatic rings. The van der Waals surface area contributed by atoms with Crippen molar-refractivity contribution in [2.75, 3.05) is 13.2 Å². The van der Waals surface area contributed by atoms with Gasteiger partial charge in [-0.05, 0) is 15.4 Å². The number of hydrogen-bond acceptors (Lipinski definition) is 4. The minimum atomic E-state index is -2.58. The lowest BCUT2D eigenvalue weighted by molar-refractivity contribution is -0.142. The molecule has 0 radical (unpaired) electrons. The maximum absolute atomic E-state index is 11.7. The molecule has 2 aliphatic heterocycles. The van der Waals surface area contributed by atoms with Gasteiger partial charge in [-0.15, -0.1) is 0 Å². The van der Waals surface area contributed by atoms with Crippen LogP contribution in [-0.2, 0) is 18.7 Å². The molecule has 0 aliphatic carbocycles. The van der Waals surface area contributed by atoms with Crippen LogP contribution in [0, 0.1) is 5.92 Å². The van der Waals surface area contributed by atoms with Crippen molar-refractivity contribution in [1.29, 1.82) is 0 Å². The van der Waals surface area contributed by atoms with Crippen molar-refractivity contribution in [3.63, 3.8) is 0 Å². The second kappa shape index (κ2) is 7.47. The van der Waals surface area contributed by atoms with Gasteiger partial charge in [-0.2, -0.15) is 0 Å². The van der Waals surface area contributed by atoms with Gasteiger partial charge >= 0.3 is 5.97 Å². The van der Waals surface area contributed by atoms with E-state index in [1.165, 1.54) is 10.4 Å². The third kappa shape index (κ3) is 3.32. The molecule has 0 spiro atoms. The van der Waals surface area contributed by atoms with Crippen LogP contribution in [0.5, 0.6) is 0 Å². The standard InChI is InChI=1S/C23H28O4Si/c1-23(2,3)28(17-10-6-4-7-11-17,18-12-8-5-9-13-18)26-16-20-19-14-22(24)27-21(19)15-25-20/h4-13,19-21H,14-16H2,1-3H3. The molecule has 3 atom stereocenters. The Morgan fingerprint density at radius 1 is 1.00 bits per heavy atom. The molecule has 2 saturated heterocycles. The number of rotatable bonds is 5. The van der Waals surface area contributed by atoms with Crippen molar-refractivity contribution in [3.05, 3.63) is 60.7 Å². The van der Waals surface area contributed by atoms with Crippen LogP contribution in [0.4, 0.5) is 0 Å². The fourth-order valence-electron chi connectivity index (χ4n) is 4.64. The van der Waals surface area contributed by atoms with E-state index in [-0.39, 0.29) is 29.1 Å². The number of benzene rings is 2. The van der Waals surface area contributed by atoms with Gasteiger partial charge < -0.3 is 13.9 Å². The minimum absolute atomic E-state index is 0.0737. The average molecular weight is 397 g/mol. The summed E-state index contributed by atoms with van der Waals surface area (Å²) >= 11 is 0. The fraction of sp³-hybridized carbons (Fsp3) is 0.435. The van der Waals surface area contributed by atoms with Gasteiger partial charge in [0, 0.05) is 5.92 Å². The molecule has 2 fully saturated rings. The van der Waals surface area contributed by atoms with E-state index < -0.39 is 8.32 Å². The normalized spacial score (nSPS) is 24.8. The highest BCUT2D eigenvalue weighted by Crippen LogP contribution is 2.39. The van der Waals surface area contributed by atoms with E-state index in [1.807, 2.05) is 12.1 Å². The minimum Gasteiger partial charge on any atom is -0.459 e. The highest BCUT2D eigenvalue weighted by molar-refractivity contribution is 6.99. The highest BCUT2D eigenvalue weighted by Gasteiger charge is 2.52. The van der Waals surface area contributed by atoms with Gasteiger partial charge in [-0.3, -0.25) is 4.79 Å². The number of carbonyl (C=O) groups is 1. The van der Waals surface area contributed by atoms with Gasteiger partial charge in [0.25, 0.3) is 8.32 Å². The van der Waals surface area contributed by atoms with E-state index in [0.717, 1.165) is 0 Å². The zero-order valence-electron chi connectivity index (χ0n) is 16.8. The Morgan fingerprint density at radius 3 is 2.11 bits per heavy atom. The van der Waals surface area contributed by atoms with Crippen LogP contribution in [-0.4, -0.2) is 39.7 Å². The van der Waals surface area contributed by atoms with Crippen molar-refractivity contribution < 1.29 is 18.7 Å².